The number of alkyl halides is 3. The fourth-order valence-electron chi connectivity index (χ4n) is 5.11. The number of aryl methyl sites for hydroxylation is 1. The van der Waals surface area contributed by atoms with Crippen LogP contribution >= 0.6 is 23.4 Å². The average molecular weight is 650 g/mol. The van der Waals surface area contributed by atoms with E-state index in [1.807, 2.05) is 11.0 Å². The Morgan fingerprint density at radius 2 is 1.93 bits per heavy atom. The molecule has 234 valence electrons. The van der Waals surface area contributed by atoms with Crippen LogP contribution in [0, 0.1) is 6.92 Å². The number of rotatable bonds is 4. The molecule has 1 N–H and O–H groups in total. The molecular weight excluding hydrogens is 619 g/mol. The molecule has 2 aliphatic rings. The molecule has 2 amide bonds. The Kier molecular flexibility index (Phi) is 8.76. The molecule has 3 aromatic rings. The molecule has 1 saturated heterocycles. The maximum Gasteiger partial charge on any atom is 0.416 e. The van der Waals surface area contributed by atoms with Gasteiger partial charge in [0.15, 0.2) is 5.17 Å². The van der Waals surface area contributed by atoms with Crippen LogP contribution in [0.3, 0.4) is 0 Å². The van der Waals surface area contributed by atoms with E-state index in [-0.39, 0.29) is 30.3 Å². The number of hydrogen-bond donors (Lipinski definition) is 1. The predicted octanol–water partition coefficient (Wildman–Crippen LogP) is 5.95. The Bertz CT molecular complexity index is 1680. The molecule has 9 nitrogen and oxygen atoms in total. The van der Waals surface area contributed by atoms with Gasteiger partial charge in [0.25, 0.3) is 5.91 Å². The van der Waals surface area contributed by atoms with Gasteiger partial charge in [0.2, 0.25) is 0 Å². The number of carbonyl (C=O) groups is 2. The molecule has 1 unspecified atom stereocenters. The van der Waals surface area contributed by atoms with Gasteiger partial charge in [-0.3, -0.25) is 14.4 Å². The smallest absolute Gasteiger partial charge is 0.416 e. The highest BCUT2D eigenvalue weighted by atomic mass is 35.5. The molecule has 2 aliphatic heterocycles. The normalized spacial score (nSPS) is 18.8. The predicted molar refractivity (Wildman–Crippen MR) is 163 cm³/mol. The first-order valence-corrected chi connectivity index (χ1v) is 15.0. The van der Waals surface area contributed by atoms with Crippen LogP contribution in [-0.4, -0.2) is 79.7 Å². The van der Waals surface area contributed by atoms with Crippen molar-refractivity contribution in [2.24, 2.45) is 4.99 Å². The topological polar surface area (TPSA) is 100 Å². The van der Waals surface area contributed by atoms with E-state index in [9.17, 15) is 27.9 Å². The van der Waals surface area contributed by atoms with E-state index in [1.54, 1.807) is 45.9 Å². The van der Waals surface area contributed by atoms with Crippen LogP contribution in [-0.2, 0) is 22.3 Å². The number of halogens is 4. The van der Waals surface area contributed by atoms with Gasteiger partial charge in [-0.1, -0.05) is 23.7 Å². The van der Waals surface area contributed by atoms with Crippen LogP contribution < -0.4 is 0 Å². The number of piperazine rings is 1. The zero-order chi connectivity index (χ0) is 32.0. The molecule has 0 bridgehead atoms. The van der Waals surface area contributed by atoms with Crippen LogP contribution in [0.2, 0.25) is 5.02 Å². The lowest BCUT2D eigenvalue weighted by Gasteiger charge is -2.41. The highest BCUT2D eigenvalue weighted by Crippen LogP contribution is 2.35. The zero-order valence-corrected chi connectivity index (χ0v) is 26.1. The Balaban J connectivity index is 1.31. The number of carbonyl (C=O) groups excluding carboxylic acids is 2. The Morgan fingerprint density at radius 3 is 2.61 bits per heavy atom. The third-order valence-corrected chi connectivity index (χ3v) is 8.44. The van der Waals surface area contributed by atoms with Crippen LogP contribution in [0.4, 0.5) is 18.0 Å². The molecule has 44 heavy (non-hydrogen) atoms. The number of nitrogens with zero attached hydrogens (tertiary/aromatic N) is 5. The van der Waals surface area contributed by atoms with Crippen molar-refractivity contribution in [3.63, 3.8) is 0 Å². The molecule has 1 atom stereocenters. The van der Waals surface area contributed by atoms with Crippen molar-refractivity contribution in [1.82, 2.24) is 19.6 Å². The molecule has 1 aromatic heterocycles. The van der Waals surface area contributed by atoms with Gasteiger partial charge < -0.3 is 14.7 Å². The second-order valence-electron chi connectivity index (χ2n) is 11.6. The summed E-state index contributed by atoms with van der Waals surface area (Å²) < 4.78 is 47.9. The first-order chi connectivity index (χ1) is 20.6. The minimum atomic E-state index is -4.56. The van der Waals surface area contributed by atoms with Gasteiger partial charge in [-0.2, -0.15) is 23.3 Å². The van der Waals surface area contributed by atoms with Crippen LogP contribution in [0.5, 0.6) is 0 Å². The second kappa shape index (κ2) is 12.1. The largest absolute Gasteiger partial charge is 0.444 e. The minimum absolute atomic E-state index is 0.00278. The number of aliphatic imine (C=N–C) groups is 1. The molecular formula is C30H31ClF3N5O4S. The van der Waals surface area contributed by atoms with Gasteiger partial charge >= 0.3 is 12.3 Å². The average Bonchev–Trinajstić information content (AvgIpc) is 3.46. The maximum absolute atomic E-state index is 13.6. The number of ether oxygens (including phenoxy) is 1. The van der Waals surface area contributed by atoms with Crippen molar-refractivity contribution in [2.75, 3.05) is 26.2 Å². The molecule has 14 heteroatoms. The summed E-state index contributed by atoms with van der Waals surface area (Å²) >= 11 is 7.04. The highest BCUT2D eigenvalue weighted by molar-refractivity contribution is 8.18. The molecule has 0 aliphatic carbocycles. The summed E-state index contributed by atoms with van der Waals surface area (Å²) in [6, 6.07) is 8.54. The van der Waals surface area contributed by atoms with E-state index in [2.05, 4.69) is 10.1 Å². The number of aromatic nitrogens is 2. The van der Waals surface area contributed by atoms with Crippen LogP contribution in [0.15, 0.2) is 46.3 Å². The SMILES string of the molecule is Cc1nn(Cc2ccc(Cl)cc2C(F)(F)F)c2ccc(C=C3SC(N4CCN(C(=O)OC(C)(C)C)C(CO)C4)=NC3=O)cc12. The summed E-state index contributed by atoms with van der Waals surface area (Å²) in [6.07, 6.45) is -3.35. The zero-order valence-electron chi connectivity index (χ0n) is 24.5. The number of benzene rings is 2. The quantitative estimate of drug-likeness (QED) is 0.349. The lowest BCUT2D eigenvalue weighted by Crippen LogP contribution is -2.58. The summed E-state index contributed by atoms with van der Waals surface area (Å²) in [5.74, 6) is -0.407. The first kappa shape index (κ1) is 31.9. The third kappa shape index (κ3) is 6.89. The maximum atomic E-state index is 13.6. The number of aliphatic hydroxyl groups is 1. The van der Waals surface area contributed by atoms with Gasteiger partial charge in [0, 0.05) is 30.0 Å². The molecule has 0 saturated carbocycles. The van der Waals surface area contributed by atoms with E-state index >= 15 is 0 Å². The van der Waals surface area contributed by atoms with Crippen molar-refractivity contribution in [2.45, 2.75) is 52.1 Å². The number of fused-ring (bicyclic) bond motifs is 1. The number of amidine groups is 1. The van der Waals surface area contributed by atoms with E-state index in [0.29, 0.717) is 39.9 Å². The van der Waals surface area contributed by atoms with E-state index < -0.39 is 35.4 Å². The molecule has 5 rings (SSSR count). The fraction of sp³-hybridized carbons (Fsp3) is 0.400. The highest BCUT2D eigenvalue weighted by Gasteiger charge is 2.37. The van der Waals surface area contributed by atoms with Gasteiger partial charge in [-0.05, 0) is 80.9 Å². The van der Waals surface area contributed by atoms with Crippen molar-refractivity contribution in [3.05, 3.63) is 68.7 Å². The molecule has 0 radical (unpaired) electrons. The van der Waals surface area contributed by atoms with Gasteiger partial charge in [-0.15, -0.1) is 0 Å². The van der Waals surface area contributed by atoms with Gasteiger partial charge in [0.05, 0.1) is 40.9 Å². The third-order valence-electron chi connectivity index (χ3n) is 7.16. The van der Waals surface area contributed by atoms with E-state index in [0.717, 1.165) is 11.5 Å². The Labute approximate surface area is 261 Å². The number of hydrogen-bond acceptors (Lipinski definition) is 7. The van der Waals surface area contributed by atoms with Crippen molar-refractivity contribution >= 4 is 57.5 Å². The summed E-state index contributed by atoms with van der Waals surface area (Å²) in [5, 5.41) is 15.7. The minimum Gasteiger partial charge on any atom is -0.444 e. The number of thioether (sulfide) groups is 1. The lowest BCUT2D eigenvalue weighted by molar-refractivity contribution is -0.138. The monoisotopic (exact) mass is 649 g/mol. The van der Waals surface area contributed by atoms with Crippen molar-refractivity contribution in [3.8, 4) is 0 Å². The Morgan fingerprint density at radius 1 is 1.18 bits per heavy atom. The van der Waals surface area contributed by atoms with E-state index in [1.165, 1.54) is 33.5 Å². The summed E-state index contributed by atoms with van der Waals surface area (Å²) in [4.78, 5) is 33.4. The van der Waals surface area contributed by atoms with E-state index in [4.69, 9.17) is 16.3 Å². The Hall–Kier alpha value is -3.55. The number of aliphatic hydroxyl groups excluding tert-OH is 1. The molecule has 2 aromatic carbocycles. The second-order valence-corrected chi connectivity index (χ2v) is 13.0. The standard InChI is InChI=1S/C30H31ClF3N5O4S/c1-17-22-11-18(5-8-24(22)39(36-17)14-19-6-7-20(31)13-23(19)30(32,33)34)12-25-26(41)35-27(44-25)37-9-10-38(21(15-37)16-40)28(42)43-29(2,3)4/h5-8,11-13,21,40H,9-10,14-16H2,1-4H3. The van der Waals surface area contributed by atoms with Gasteiger partial charge in [0.1, 0.15) is 5.60 Å². The molecule has 0 spiro atoms. The first-order valence-electron chi connectivity index (χ1n) is 13.8. The molecule has 1 fully saturated rings. The van der Waals surface area contributed by atoms with Crippen molar-refractivity contribution < 1.29 is 32.6 Å². The van der Waals surface area contributed by atoms with Crippen molar-refractivity contribution in [1.29, 1.82) is 0 Å². The molecule has 3 heterocycles. The summed E-state index contributed by atoms with van der Waals surface area (Å²) in [7, 11) is 0. The van der Waals surface area contributed by atoms with Crippen LogP contribution in [0.25, 0.3) is 17.0 Å². The summed E-state index contributed by atoms with van der Waals surface area (Å²) in [5.41, 5.74) is 0.551. The van der Waals surface area contributed by atoms with Gasteiger partial charge in [-0.25, -0.2) is 4.79 Å². The fourth-order valence-corrected chi connectivity index (χ4v) is 6.23. The lowest BCUT2D eigenvalue weighted by atomic mass is 10.1. The van der Waals surface area contributed by atoms with Crippen LogP contribution in [0.1, 0.15) is 43.2 Å². The summed E-state index contributed by atoms with van der Waals surface area (Å²) in [6.45, 7) is 7.73. The number of amides is 2.